The molecule has 1 aliphatic heterocycles. The summed E-state index contributed by atoms with van der Waals surface area (Å²) in [5.41, 5.74) is 0.840. The van der Waals surface area contributed by atoms with Crippen molar-refractivity contribution in [3.63, 3.8) is 0 Å². The maximum atomic E-state index is 12.1. The fourth-order valence-corrected chi connectivity index (χ4v) is 3.37. The average molecular weight is 356 g/mol. The number of halogens is 1. The lowest BCUT2D eigenvalue weighted by Crippen LogP contribution is -2.34. The number of imide groups is 1. The highest BCUT2D eigenvalue weighted by atomic mass is 79.9. The average Bonchev–Trinajstić information content (AvgIpc) is 2.64. The molecule has 1 heterocycles. The number of benzene rings is 1. The summed E-state index contributed by atoms with van der Waals surface area (Å²) < 4.78 is 5.96. The molecule has 0 unspecified atom stereocenters. The van der Waals surface area contributed by atoms with Crippen molar-refractivity contribution >= 4 is 44.9 Å². The number of ether oxygens (including phenoxy) is 1. The summed E-state index contributed by atoms with van der Waals surface area (Å²) in [5.74, 6) is 0.486. The lowest BCUT2D eigenvalue weighted by molar-refractivity contribution is -0.123. The van der Waals surface area contributed by atoms with E-state index in [0.717, 1.165) is 27.5 Å². The van der Waals surface area contributed by atoms with Gasteiger partial charge in [-0.3, -0.25) is 14.5 Å². The van der Waals surface area contributed by atoms with Crippen LogP contribution in [-0.4, -0.2) is 29.2 Å². The zero-order chi connectivity index (χ0) is 14.9. The van der Waals surface area contributed by atoms with Gasteiger partial charge in [0.15, 0.2) is 0 Å². The van der Waals surface area contributed by atoms with E-state index in [0.29, 0.717) is 4.91 Å². The Morgan fingerprint density at radius 3 is 2.55 bits per heavy atom. The molecule has 0 saturated carbocycles. The molecule has 0 radical (unpaired) electrons. The molecule has 0 aromatic heterocycles. The van der Waals surface area contributed by atoms with Gasteiger partial charge in [-0.1, -0.05) is 6.07 Å². The first kappa shape index (κ1) is 15.1. The molecule has 4 nitrogen and oxygen atoms in total. The van der Waals surface area contributed by atoms with E-state index in [-0.39, 0.29) is 17.2 Å². The van der Waals surface area contributed by atoms with Gasteiger partial charge in [0.1, 0.15) is 5.75 Å². The second-order valence-corrected chi connectivity index (χ2v) is 6.39. The summed E-state index contributed by atoms with van der Waals surface area (Å²) in [4.78, 5) is 25.7. The predicted octanol–water partition coefficient (Wildman–Crippen LogP) is 3.90. The molecule has 2 rings (SSSR count). The lowest BCUT2D eigenvalue weighted by atomic mass is 10.2. The Kier molecular flexibility index (Phi) is 4.55. The van der Waals surface area contributed by atoms with E-state index < -0.39 is 0 Å². The van der Waals surface area contributed by atoms with Crippen LogP contribution in [0.1, 0.15) is 19.4 Å². The Morgan fingerprint density at radius 1 is 1.35 bits per heavy atom. The van der Waals surface area contributed by atoms with Gasteiger partial charge in [-0.15, -0.1) is 0 Å². The summed E-state index contributed by atoms with van der Waals surface area (Å²) in [6, 6.07) is 5.37. The molecular weight excluding hydrogens is 342 g/mol. The van der Waals surface area contributed by atoms with Gasteiger partial charge in [0.05, 0.1) is 16.5 Å². The van der Waals surface area contributed by atoms with E-state index in [1.54, 1.807) is 13.2 Å². The normalized spacial score (nSPS) is 17.4. The lowest BCUT2D eigenvalue weighted by Gasteiger charge is -2.16. The van der Waals surface area contributed by atoms with Gasteiger partial charge in [-0.25, -0.2) is 0 Å². The fraction of sp³-hybridized carbons (Fsp3) is 0.286. The molecule has 106 valence electrons. The number of methoxy groups -OCH3 is 1. The number of thioether (sulfide) groups is 1. The number of nitrogens with zero attached hydrogens (tertiary/aromatic N) is 1. The molecule has 0 spiro atoms. The van der Waals surface area contributed by atoms with E-state index >= 15 is 0 Å². The van der Waals surface area contributed by atoms with Gasteiger partial charge in [-0.2, -0.15) is 0 Å². The van der Waals surface area contributed by atoms with Crippen LogP contribution in [0.25, 0.3) is 6.08 Å². The van der Waals surface area contributed by atoms with Gasteiger partial charge in [0.2, 0.25) is 0 Å². The quantitative estimate of drug-likeness (QED) is 0.771. The van der Waals surface area contributed by atoms with Gasteiger partial charge in [0, 0.05) is 6.04 Å². The number of rotatable bonds is 3. The molecule has 6 heteroatoms. The van der Waals surface area contributed by atoms with Crippen molar-refractivity contribution in [1.29, 1.82) is 0 Å². The number of hydrogen-bond acceptors (Lipinski definition) is 4. The third-order valence-electron chi connectivity index (χ3n) is 2.81. The van der Waals surface area contributed by atoms with Crippen molar-refractivity contribution in [2.45, 2.75) is 19.9 Å². The van der Waals surface area contributed by atoms with Gasteiger partial charge >= 0.3 is 0 Å². The molecule has 20 heavy (non-hydrogen) atoms. The summed E-state index contributed by atoms with van der Waals surface area (Å²) in [6.45, 7) is 3.65. The minimum atomic E-state index is -0.234. The van der Waals surface area contributed by atoms with Crippen LogP contribution in [0.4, 0.5) is 4.79 Å². The van der Waals surface area contributed by atoms with Crippen molar-refractivity contribution in [1.82, 2.24) is 4.90 Å². The van der Waals surface area contributed by atoms with Crippen LogP contribution in [0.3, 0.4) is 0 Å². The van der Waals surface area contributed by atoms with E-state index in [2.05, 4.69) is 15.9 Å². The van der Waals surface area contributed by atoms with E-state index in [1.165, 1.54) is 4.90 Å². The highest BCUT2D eigenvalue weighted by Gasteiger charge is 2.36. The molecule has 1 aromatic carbocycles. The molecule has 1 saturated heterocycles. The molecule has 1 aliphatic rings. The van der Waals surface area contributed by atoms with Gasteiger partial charge < -0.3 is 4.74 Å². The number of carbonyl (C=O) groups is 2. The molecule has 0 N–H and O–H groups in total. The first-order chi connectivity index (χ1) is 9.43. The molecule has 0 aliphatic carbocycles. The van der Waals surface area contributed by atoms with E-state index in [4.69, 9.17) is 4.74 Å². The van der Waals surface area contributed by atoms with Crippen LogP contribution in [0.5, 0.6) is 5.75 Å². The number of hydrogen-bond donors (Lipinski definition) is 0. The number of amides is 2. The monoisotopic (exact) mass is 355 g/mol. The van der Waals surface area contributed by atoms with Crippen LogP contribution in [0.15, 0.2) is 27.6 Å². The minimum Gasteiger partial charge on any atom is -0.496 e. The maximum absolute atomic E-state index is 12.1. The van der Waals surface area contributed by atoms with E-state index in [1.807, 2.05) is 32.0 Å². The fourth-order valence-electron chi connectivity index (χ4n) is 1.85. The summed E-state index contributed by atoms with van der Waals surface area (Å²) in [6.07, 6.45) is 1.72. The molecule has 0 atom stereocenters. The Balaban J connectivity index is 2.30. The Bertz CT molecular complexity index is 598. The van der Waals surface area contributed by atoms with Crippen molar-refractivity contribution in [2.24, 2.45) is 0 Å². The van der Waals surface area contributed by atoms with Crippen molar-refractivity contribution in [3.05, 3.63) is 33.1 Å². The Morgan fingerprint density at radius 2 is 2.05 bits per heavy atom. The number of carbonyl (C=O) groups excluding carboxylic acids is 2. The second kappa shape index (κ2) is 6.01. The zero-order valence-electron chi connectivity index (χ0n) is 11.3. The maximum Gasteiger partial charge on any atom is 0.293 e. The van der Waals surface area contributed by atoms with Crippen LogP contribution < -0.4 is 4.74 Å². The van der Waals surface area contributed by atoms with E-state index in [9.17, 15) is 9.59 Å². The van der Waals surface area contributed by atoms with Crippen molar-refractivity contribution < 1.29 is 14.3 Å². The van der Waals surface area contributed by atoms with Crippen LogP contribution in [0.2, 0.25) is 0 Å². The zero-order valence-corrected chi connectivity index (χ0v) is 13.7. The molecule has 2 amide bonds. The third-order valence-corrected chi connectivity index (χ3v) is 4.32. The molecule has 0 bridgehead atoms. The van der Waals surface area contributed by atoms with Crippen LogP contribution >= 0.6 is 27.7 Å². The summed E-state index contributed by atoms with van der Waals surface area (Å²) in [7, 11) is 1.59. The van der Waals surface area contributed by atoms with Crippen LogP contribution in [-0.2, 0) is 4.79 Å². The van der Waals surface area contributed by atoms with Crippen molar-refractivity contribution in [3.8, 4) is 5.75 Å². The summed E-state index contributed by atoms with van der Waals surface area (Å²) >= 11 is 4.37. The molecule has 1 fully saturated rings. The van der Waals surface area contributed by atoms with Crippen LogP contribution in [0, 0.1) is 0 Å². The highest BCUT2D eigenvalue weighted by Crippen LogP contribution is 2.34. The molecule has 1 aromatic rings. The Labute approximate surface area is 130 Å². The first-order valence-electron chi connectivity index (χ1n) is 6.04. The predicted molar refractivity (Wildman–Crippen MR) is 83.6 cm³/mol. The largest absolute Gasteiger partial charge is 0.496 e. The Hall–Kier alpha value is -1.27. The topological polar surface area (TPSA) is 46.6 Å². The first-order valence-corrected chi connectivity index (χ1v) is 7.65. The highest BCUT2D eigenvalue weighted by molar-refractivity contribution is 9.10. The summed E-state index contributed by atoms with van der Waals surface area (Å²) in [5, 5.41) is -0.219. The second-order valence-electron chi connectivity index (χ2n) is 4.54. The standard InChI is InChI=1S/C14H14BrNO3S/c1-8(2)16-13(17)12(20-14(16)18)7-9-4-5-11(19-3)10(15)6-9/h4-8H,1-3H3. The molecular formula is C14H14BrNO3S. The minimum absolute atomic E-state index is 0.129. The van der Waals surface area contributed by atoms with Crippen molar-refractivity contribution in [2.75, 3.05) is 7.11 Å². The smallest absolute Gasteiger partial charge is 0.293 e. The van der Waals surface area contributed by atoms with Gasteiger partial charge in [-0.05, 0) is 65.3 Å². The van der Waals surface area contributed by atoms with Gasteiger partial charge in [0.25, 0.3) is 11.1 Å². The SMILES string of the molecule is COc1ccc(C=C2SC(=O)N(C(C)C)C2=O)cc1Br. The third kappa shape index (κ3) is 2.91.